The number of carbonyl (C=O) groups excluding carboxylic acids is 1. The van der Waals surface area contributed by atoms with Crippen LogP contribution >= 0.6 is 0 Å². The van der Waals surface area contributed by atoms with Gasteiger partial charge in [0.05, 0.1) is 12.2 Å². The first-order valence-corrected chi connectivity index (χ1v) is 5.43. The first-order valence-electron chi connectivity index (χ1n) is 5.43. The van der Waals surface area contributed by atoms with E-state index in [0.29, 0.717) is 23.4 Å². The van der Waals surface area contributed by atoms with Crippen molar-refractivity contribution in [3.05, 3.63) is 46.8 Å². The summed E-state index contributed by atoms with van der Waals surface area (Å²) in [7, 11) is 0. The van der Waals surface area contributed by atoms with Gasteiger partial charge in [-0.05, 0) is 25.1 Å². The predicted octanol–water partition coefficient (Wildman–Crippen LogP) is 1.96. The molecule has 1 heterocycles. The Morgan fingerprint density at radius 3 is 2.82 bits per heavy atom. The predicted molar refractivity (Wildman–Crippen MR) is 63.6 cm³/mol. The van der Waals surface area contributed by atoms with Crippen molar-refractivity contribution in [3.8, 4) is 0 Å². The van der Waals surface area contributed by atoms with Gasteiger partial charge in [0.15, 0.2) is 5.69 Å². The fraction of sp³-hybridized carbons (Fsp3) is 0.231. The van der Waals surface area contributed by atoms with E-state index < -0.39 is 0 Å². The maximum atomic E-state index is 11.7. The summed E-state index contributed by atoms with van der Waals surface area (Å²) in [5.41, 5.74) is 1.64. The third kappa shape index (κ3) is 2.06. The maximum absolute atomic E-state index is 11.7. The summed E-state index contributed by atoms with van der Waals surface area (Å²) >= 11 is 0. The summed E-state index contributed by atoms with van der Waals surface area (Å²) in [6, 6.07) is 8.46. The van der Waals surface area contributed by atoms with Gasteiger partial charge in [-0.2, -0.15) is 4.73 Å². The Bertz CT molecular complexity index is 578. The van der Waals surface area contributed by atoms with E-state index in [1.807, 2.05) is 6.07 Å². The zero-order chi connectivity index (χ0) is 12.4. The Labute approximate surface area is 99.0 Å². The number of aromatic nitrogens is 1. The fourth-order valence-corrected chi connectivity index (χ4v) is 1.68. The molecule has 1 aromatic carbocycles. The first-order chi connectivity index (χ1) is 8.13. The minimum atomic E-state index is -0.368. The second-order valence-corrected chi connectivity index (χ2v) is 3.76. The average Bonchev–Trinajstić information content (AvgIpc) is 2.34. The lowest BCUT2D eigenvalue weighted by molar-refractivity contribution is -0.584. The molecule has 17 heavy (non-hydrogen) atoms. The maximum Gasteiger partial charge on any atom is 0.338 e. The Morgan fingerprint density at radius 2 is 2.12 bits per heavy atom. The molecular formula is C13H13NO3. The minimum absolute atomic E-state index is 0.340. The highest BCUT2D eigenvalue weighted by Crippen LogP contribution is 2.14. The van der Waals surface area contributed by atoms with Gasteiger partial charge < -0.3 is 9.94 Å². The SMILES string of the molecule is CCOC(=O)c1ccc2c(ccc(C)[n+]2[O-])c1. The number of fused-ring (bicyclic) bond motifs is 1. The summed E-state index contributed by atoms with van der Waals surface area (Å²) in [4.78, 5) is 11.5. The van der Waals surface area contributed by atoms with Crippen LogP contribution in [0.1, 0.15) is 23.0 Å². The van der Waals surface area contributed by atoms with Crippen LogP contribution in [0.25, 0.3) is 10.9 Å². The average molecular weight is 231 g/mol. The van der Waals surface area contributed by atoms with E-state index in [0.717, 1.165) is 10.1 Å². The second-order valence-electron chi connectivity index (χ2n) is 3.76. The lowest BCUT2D eigenvalue weighted by Crippen LogP contribution is -2.30. The number of rotatable bonds is 2. The van der Waals surface area contributed by atoms with Crippen LogP contribution < -0.4 is 4.73 Å². The molecule has 0 atom stereocenters. The quantitative estimate of drug-likeness (QED) is 0.451. The molecule has 0 aliphatic carbocycles. The largest absolute Gasteiger partial charge is 0.618 e. The number of aryl methyl sites for hydroxylation is 1. The number of ether oxygens (including phenoxy) is 1. The molecule has 88 valence electrons. The molecule has 4 heteroatoms. The molecule has 4 nitrogen and oxygen atoms in total. The van der Waals surface area contributed by atoms with Crippen LogP contribution in [0.5, 0.6) is 0 Å². The molecule has 0 radical (unpaired) electrons. The van der Waals surface area contributed by atoms with Gasteiger partial charge >= 0.3 is 5.97 Å². The van der Waals surface area contributed by atoms with E-state index in [1.165, 1.54) is 0 Å². The highest BCUT2D eigenvalue weighted by Gasteiger charge is 2.11. The van der Waals surface area contributed by atoms with E-state index in [1.54, 1.807) is 38.1 Å². The molecule has 0 aliphatic rings. The van der Waals surface area contributed by atoms with Crippen molar-refractivity contribution in [1.82, 2.24) is 0 Å². The second kappa shape index (κ2) is 4.41. The third-order valence-corrected chi connectivity index (χ3v) is 2.58. The minimum Gasteiger partial charge on any atom is -0.618 e. The van der Waals surface area contributed by atoms with Crippen LogP contribution in [0.3, 0.4) is 0 Å². The lowest BCUT2D eigenvalue weighted by atomic mass is 10.1. The van der Waals surface area contributed by atoms with E-state index in [2.05, 4.69) is 0 Å². The third-order valence-electron chi connectivity index (χ3n) is 2.58. The molecule has 0 unspecified atom stereocenters. The van der Waals surface area contributed by atoms with Crippen molar-refractivity contribution < 1.29 is 14.3 Å². The Morgan fingerprint density at radius 1 is 1.35 bits per heavy atom. The van der Waals surface area contributed by atoms with Gasteiger partial charge in [-0.15, -0.1) is 0 Å². The summed E-state index contributed by atoms with van der Waals surface area (Å²) in [5, 5.41) is 12.5. The number of nitrogens with zero attached hydrogens (tertiary/aromatic N) is 1. The van der Waals surface area contributed by atoms with Gasteiger partial charge in [-0.25, -0.2) is 4.79 Å². The van der Waals surface area contributed by atoms with Crippen LogP contribution in [-0.2, 0) is 4.74 Å². The van der Waals surface area contributed by atoms with Gasteiger partial charge in [0.2, 0.25) is 5.52 Å². The number of pyridine rings is 1. The van der Waals surface area contributed by atoms with Gasteiger partial charge in [0.1, 0.15) is 0 Å². The van der Waals surface area contributed by atoms with Gasteiger partial charge in [-0.1, -0.05) is 0 Å². The topological polar surface area (TPSA) is 53.2 Å². The van der Waals surface area contributed by atoms with Crippen molar-refractivity contribution >= 4 is 16.9 Å². The smallest absolute Gasteiger partial charge is 0.338 e. The molecule has 0 N–H and O–H groups in total. The summed E-state index contributed by atoms with van der Waals surface area (Å²) < 4.78 is 5.76. The van der Waals surface area contributed by atoms with Gasteiger partial charge in [-0.3, -0.25) is 0 Å². The molecule has 0 spiro atoms. The van der Waals surface area contributed by atoms with Crippen molar-refractivity contribution in [2.24, 2.45) is 0 Å². The lowest BCUT2D eigenvalue weighted by Gasteiger charge is -2.06. The normalized spacial score (nSPS) is 10.5. The van der Waals surface area contributed by atoms with Crippen molar-refractivity contribution in [1.29, 1.82) is 0 Å². The van der Waals surface area contributed by atoms with Crippen LogP contribution in [0.4, 0.5) is 0 Å². The number of benzene rings is 1. The molecule has 0 fully saturated rings. The number of hydrogen-bond acceptors (Lipinski definition) is 3. The van der Waals surface area contributed by atoms with E-state index in [9.17, 15) is 10.0 Å². The molecule has 2 aromatic rings. The highest BCUT2D eigenvalue weighted by molar-refractivity contribution is 5.93. The zero-order valence-corrected chi connectivity index (χ0v) is 9.77. The van der Waals surface area contributed by atoms with Crippen LogP contribution in [0, 0.1) is 12.1 Å². The Hall–Kier alpha value is -2.10. The molecule has 0 amide bonds. The molecule has 2 rings (SSSR count). The molecule has 0 bridgehead atoms. The van der Waals surface area contributed by atoms with Gasteiger partial charge in [0, 0.05) is 24.4 Å². The molecule has 0 saturated carbocycles. The number of hydrogen-bond donors (Lipinski definition) is 0. The van der Waals surface area contributed by atoms with Crippen LogP contribution in [0.2, 0.25) is 0 Å². The van der Waals surface area contributed by atoms with E-state index in [4.69, 9.17) is 4.74 Å². The Balaban J connectivity index is 2.52. The van der Waals surface area contributed by atoms with Crippen molar-refractivity contribution in [2.45, 2.75) is 13.8 Å². The van der Waals surface area contributed by atoms with Crippen LogP contribution in [-0.4, -0.2) is 12.6 Å². The van der Waals surface area contributed by atoms with Gasteiger partial charge in [0.25, 0.3) is 0 Å². The summed E-state index contributed by atoms with van der Waals surface area (Å²) in [5.74, 6) is -0.368. The number of esters is 1. The van der Waals surface area contributed by atoms with E-state index >= 15 is 0 Å². The standard InChI is InChI=1S/C13H13NO3/c1-3-17-13(15)11-6-7-12-10(8-11)5-4-9(2)14(12)16/h4-8H,3H2,1-2H3. The molecular weight excluding hydrogens is 218 g/mol. The van der Waals surface area contributed by atoms with Crippen LogP contribution in [0.15, 0.2) is 30.3 Å². The first kappa shape index (κ1) is 11.4. The number of carbonyl (C=O) groups is 1. The Kier molecular flexibility index (Phi) is 2.95. The van der Waals surface area contributed by atoms with Crippen molar-refractivity contribution in [3.63, 3.8) is 0 Å². The monoisotopic (exact) mass is 231 g/mol. The molecule has 0 aliphatic heterocycles. The van der Waals surface area contributed by atoms with E-state index in [-0.39, 0.29) is 5.97 Å². The zero-order valence-electron chi connectivity index (χ0n) is 9.77. The summed E-state index contributed by atoms with van der Waals surface area (Å²) in [6.45, 7) is 3.84. The van der Waals surface area contributed by atoms with Crippen molar-refractivity contribution in [2.75, 3.05) is 6.61 Å². The molecule has 1 aromatic heterocycles. The molecule has 0 saturated heterocycles. The summed E-state index contributed by atoms with van der Waals surface area (Å²) in [6.07, 6.45) is 0. The fourth-order valence-electron chi connectivity index (χ4n) is 1.68. The highest BCUT2D eigenvalue weighted by atomic mass is 16.5.